The van der Waals surface area contributed by atoms with Crippen molar-refractivity contribution in [2.45, 2.75) is 18.9 Å². The first-order chi connectivity index (χ1) is 6.95. The van der Waals surface area contributed by atoms with E-state index in [0.717, 1.165) is 0 Å². The molecule has 7 heteroatoms. The van der Waals surface area contributed by atoms with Crippen molar-refractivity contribution in [3.63, 3.8) is 0 Å². The summed E-state index contributed by atoms with van der Waals surface area (Å²) in [5, 5.41) is 4.02. The average Bonchev–Trinajstić information content (AvgIpc) is 2.48. The standard InChI is InChI=1S/C8H14ClN3O2S/c1-4-12(5-2)15(13,14)8-7(9)6-10-11(8)3/h6H,4-5H2,1-3H3. The Hall–Kier alpha value is -0.590. The molecule has 0 bridgehead atoms. The number of hydrogen-bond donors (Lipinski definition) is 0. The Labute approximate surface area is 94.7 Å². The van der Waals surface area contributed by atoms with Crippen molar-refractivity contribution in [3.8, 4) is 0 Å². The number of nitrogens with zero attached hydrogens (tertiary/aromatic N) is 3. The molecule has 1 aromatic rings. The van der Waals surface area contributed by atoms with Gasteiger partial charge in [0, 0.05) is 20.1 Å². The Kier molecular flexibility index (Phi) is 3.75. The Balaban J connectivity index is 3.28. The second-order valence-corrected chi connectivity index (χ2v) is 5.27. The number of sulfonamides is 1. The number of halogens is 1. The maximum Gasteiger partial charge on any atom is 0.261 e. The molecule has 0 spiro atoms. The third-order valence-electron chi connectivity index (χ3n) is 2.13. The highest BCUT2D eigenvalue weighted by atomic mass is 35.5. The van der Waals surface area contributed by atoms with Gasteiger partial charge < -0.3 is 0 Å². The van der Waals surface area contributed by atoms with E-state index < -0.39 is 10.0 Å². The van der Waals surface area contributed by atoms with Crippen LogP contribution in [0.3, 0.4) is 0 Å². The predicted octanol–water partition coefficient (Wildman–Crippen LogP) is 1.10. The van der Waals surface area contributed by atoms with Gasteiger partial charge in [-0.25, -0.2) is 8.42 Å². The second kappa shape index (κ2) is 4.51. The van der Waals surface area contributed by atoms with Crippen LogP contribution >= 0.6 is 11.6 Å². The SMILES string of the molecule is CCN(CC)S(=O)(=O)c1c(Cl)cnn1C. The molecular formula is C8H14ClN3O2S. The topological polar surface area (TPSA) is 55.2 Å². The first-order valence-corrected chi connectivity index (χ1v) is 6.44. The van der Waals surface area contributed by atoms with Gasteiger partial charge in [0.05, 0.1) is 11.2 Å². The third kappa shape index (κ3) is 2.16. The fourth-order valence-corrected chi connectivity index (χ4v) is 3.44. The summed E-state index contributed by atoms with van der Waals surface area (Å²) in [5.41, 5.74) is 0. The fourth-order valence-electron chi connectivity index (χ4n) is 1.38. The van der Waals surface area contributed by atoms with E-state index in [1.165, 1.54) is 15.2 Å². The first-order valence-electron chi connectivity index (χ1n) is 4.62. The molecule has 0 unspecified atom stereocenters. The first kappa shape index (κ1) is 12.5. The molecule has 86 valence electrons. The highest BCUT2D eigenvalue weighted by Gasteiger charge is 2.27. The van der Waals surface area contributed by atoms with Crippen LogP contribution in [0.15, 0.2) is 11.2 Å². The summed E-state index contributed by atoms with van der Waals surface area (Å²) in [6.07, 6.45) is 1.33. The van der Waals surface area contributed by atoms with E-state index in [9.17, 15) is 8.42 Å². The number of rotatable bonds is 4. The highest BCUT2D eigenvalue weighted by molar-refractivity contribution is 7.89. The molecule has 1 heterocycles. The molecule has 0 radical (unpaired) electrons. The van der Waals surface area contributed by atoms with Crippen LogP contribution < -0.4 is 0 Å². The molecule has 1 aromatic heterocycles. The maximum absolute atomic E-state index is 12.1. The van der Waals surface area contributed by atoms with Gasteiger partial charge >= 0.3 is 0 Å². The summed E-state index contributed by atoms with van der Waals surface area (Å²) in [6, 6.07) is 0. The van der Waals surface area contributed by atoms with Crippen molar-refractivity contribution in [3.05, 3.63) is 11.2 Å². The average molecular weight is 252 g/mol. The van der Waals surface area contributed by atoms with Gasteiger partial charge in [0.15, 0.2) is 5.03 Å². The molecule has 15 heavy (non-hydrogen) atoms. The smallest absolute Gasteiger partial charge is 0.255 e. The Morgan fingerprint density at radius 3 is 2.33 bits per heavy atom. The fraction of sp³-hybridized carbons (Fsp3) is 0.625. The van der Waals surface area contributed by atoms with E-state index in [4.69, 9.17) is 11.6 Å². The van der Waals surface area contributed by atoms with Crippen molar-refractivity contribution in [2.24, 2.45) is 7.05 Å². The Morgan fingerprint density at radius 1 is 1.47 bits per heavy atom. The van der Waals surface area contributed by atoms with Gasteiger partial charge in [0.1, 0.15) is 0 Å². The molecule has 5 nitrogen and oxygen atoms in total. The van der Waals surface area contributed by atoms with Crippen molar-refractivity contribution < 1.29 is 8.42 Å². The predicted molar refractivity (Wildman–Crippen MR) is 58.3 cm³/mol. The number of aromatic nitrogens is 2. The summed E-state index contributed by atoms with van der Waals surface area (Å²) in [4.78, 5) is 0. The van der Waals surface area contributed by atoms with E-state index in [0.29, 0.717) is 13.1 Å². The second-order valence-electron chi connectivity index (χ2n) is 3.01. The van der Waals surface area contributed by atoms with E-state index in [1.54, 1.807) is 20.9 Å². The molecule has 1 rings (SSSR count). The molecule has 0 aliphatic carbocycles. The monoisotopic (exact) mass is 251 g/mol. The van der Waals surface area contributed by atoms with Crippen LogP contribution in [-0.4, -0.2) is 35.6 Å². The van der Waals surface area contributed by atoms with Crippen molar-refractivity contribution >= 4 is 21.6 Å². The lowest BCUT2D eigenvalue weighted by Gasteiger charge is -2.18. The van der Waals surface area contributed by atoms with Crippen LogP contribution in [0.5, 0.6) is 0 Å². The van der Waals surface area contributed by atoms with Crippen LogP contribution in [0.4, 0.5) is 0 Å². The van der Waals surface area contributed by atoms with Crippen molar-refractivity contribution in [1.82, 2.24) is 14.1 Å². The lowest BCUT2D eigenvalue weighted by molar-refractivity contribution is 0.437. The van der Waals surface area contributed by atoms with E-state index in [1.807, 2.05) is 0 Å². The molecule has 0 aromatic carbocycles. The van der Waals surface area contributed by atoms with Gasteiger partial charge in [0.25, 0.3) is 10.0 Å². The van der Waals surface area contributed by atoms with E-state index in [2.05, 4.69) is 5.10 Å². The molecule has 0 fully saturated rings. The molecule has 0 amide bonds. The summed E-state index contributed by atoms with van der Waals surface area (Å²) >= 11 is 5.80. The molecule has 0 saturated heterocycles. The normalized spacial score (nSPS) is 12.3. The molecule has 0 atom stereocenters. The van der Waals surface area contributed by atoms with Gasteiger partial charge in [-0.1, -0.05) is 25.4 Å². The minimum absolute atomic E-state index is 0.0490. The lowest BCUT2D eigenvalue weighted by Crippen LogP contribution is -2.32. The van der Waals surface area contributed by atoms with Gasteiger partial charge in [-0.15, -0.1) is 0 Å². The number of aryl methyl sites for hydroxylation is 1. The summed E-state index contributed by atoms with van der Waals surface area (Å²) in [5.74, 6) is 0. The zero-order valence-electron chi connectivity index (χ0n) is 8.94. The minimum atomic E-state index is -3.52. The van der Waals surface area contributed by atoms with Crippen LogP contribution in [0.2, 0.25) is 5.02 Å². The molecule has 0 aliphatic heterocycles. The molecule has 0 N–H and O–H groups in total. The zero-order chi connectivity index (χ0) is 11.6. The van der Waals surface area contributed by atoms with Gasteiger partial charge in [-0.2, -0.15) is 9.40 Å². The molecular weight excluding hydrogens is 238 g/mol. The Bertz CT molecular complexity index is 417. The lowest BCUT2D eigenvalue weighted by atomic mass is 10.7. The highest BCUT2D eigenvalue weighted by Crippen LogP contribution is 2.23. The summed E-state index contributed by atoms with van der Waals surface area (Å²) < 4.78 is 26.8. The van der Waals surface area contributed by atoms with Crippen molar-refractivity contribution in [1.29, 1.82) is 0 Å². The number of hydrogen-bond acceptors (Lipinski definition) is 3. The van der Waals surface area contributed by atoms with E-state index >= 15 is 0 Å². The minimum Gasteiger partial charge on any atom is -0.255 e. The van der Waals surface area contributed by atoms with Gasteiger partial charge in [0.2, 0.25) is 0 Å². The van der Waals surface area contributed by atoms with Crippen LogP contribution in [0.1, 0.15) is 13.8 Å². The molecule has 0 aliphatic rings. The quantitative estimate of drug-likeness (QED) is 0.805. The maximum atomic E-state index is 12.1. The zero-order valence-corrected chi connectivity index (χ0v) is 10.5. The van der Waals surface area contributed by atoms with Crippen molar-refractivity contribution in [2.75, 3.05) is 13.1 Å². The largest absolute Gasteiger partial charge is 0.261 e. The van der Waals surface area contributed by atoms with Gasteiger partial charge in [-0.05, 0) is 0 Å². The van der Waals surface area contributed by atoms with E-state index in [-0.39, 0.29) is 10.0 Å². The summed E-state index contributed by atoms with van der Waals surface area (Å²) in [7, 11) is -1.96. The third-order valence-corrected chi connectivity index (χ3v) is 4.69. The molecule has 0 saturated carbocycles. The van der Waals surface area contributed by atoms with Crippen LogP contribution in [0, 0.1) is 0 Å². The Morgan fingerprint density at radius 2 is 2.00 bits per heavy atom. The van der Waals surface area contributed by atoms with Crippen LogP contribution in [-0.2, 0) is 17.1 Å². The van der Waals surface area contributed by atoms with Gasteiger partial charge in [-0.3, -0.25) is 4.68 Å². The summed E-state index contributed by atoms with van der Waals surface area (Å²) in [6.45, 7) is 4.40. The van der Waals surface area contributed by atoms with Crippen LogP contribution in [0.25, 0.3) is 0 Å².